The fraction of sp³-hybridized carbons (Fsp3) is 0.417. The number of aliphatic hydroxyl groups is 1. The number of rotatable bonds is 6. The first-order valence-corrected chi connectivity index (χ1v) is 10.6. The van der Waals surface area contributed by atoms with Gasteiger partial charge in [0.2, 0.25) is 0 Å². The third-order valence-corrected chi connectivity index (χ3v) is 5.55. The molecule has 1 saturated carbocycles. The Bertz CT molecular complexity index is 1060. The molecular formula is C24H27FN2O4. The van der Waals surface area contributed by atoms with Gasteiger partial charge in [-0.3, -0.25) is 9.78 Å². The van der Waals surface area contributed by atoms with E-state index in [2.05, 4.69) is 10.3 Å². The first-order valence-electron chi connectivity index (χ1n) is 10.6. The summed E-state index contributed by atoms with van der Waals surface area (Å²) in [6, 6.07) is 7.96. The number of aromatic nitrogens is 1. The molecule has 31 heavy (non-hydrogen) atoms. The molecule has 3 aromatic rings. The molecule has 1 aliphatic carbocycles. The SMILES string of the molecule is CC(C)(O)CO[C@H]1CC[C@H](NC(=O)c2ccc(-c3nccc4occc34)c(F)c2)CC1. The number of furan rings is 1. The summed E-state index contributed by atoms with van der Waals surface area (Å²) in [6.07, 6.45) is 6.41. The second-order valence-electron chi connectivity index (χ2n) is 8.76. The van der Waals surface area contributed by atoms with Crippen molar-refractivity contribution in [2.75, 3.05) is 6.61 Å². The van der Waals surface area contributed by atoms with E-state index < -0.39 is 11.4 Å². The van der Waals surface area contributed by atoms with Crippen LogP contribution in [0.2, 0.25) is 0 Å². The van der Waals surface area contributed by atoms with Crippen molar-refractivity contribution in [3.8, 4) is 11.3 Å². The molecule has 1 fully saturated rings. The third-order valence-electron chi connectivity index (χ3n) is 5.55. The van der Waals surface area contributed by atoms with Gasteiger partial charge in [-0.2, -0.15) is 0 Å². The molecule has 2 heterocycles. The van der Waals surface area contributed by atoms with Gasteiger partial charge in [0, 0.05) is 28.8 Å². The lowest BCUT2D eigenvalue weighted by Crippen LogP contribution is -2.40. The molecule has 0 atom stereocenters. The van der Waals surface area contributed by atoms with E-state index in [4.69, 9.17) is 9.15 Å². The number of pyridine rings is 1. The van der Waals surface area contributed by atoms with Gasteiger partial charge in [0.1, 0.15) is 11.4 Å². The Balaban J connectivity index is 1.38. The number of benzene rings is 1. The van der Waals surface area contributed by atoms with E-state index in [0.29, 0.717) is 23.4 Å². The van der Waals surface area contributed by atoms with Crippen molar-refractivity contribution in [1.29, 1.82) is 0 Å². The van der Waals surface area contributed by atoms with Gasteiger partial charge in [-0.25, -0.2) is 4.39 Å². The molecule has 1 aromatic carbocycles. The van der Waals surface area contributed by atoms with E-state index >= 15 is 0 Å². The molecule has 0 radical (unpaired) electrons. The predicted octanol–water partition coefficient (Wildman–Crippen LogP) is 4.46. The topological polar surface area (TPSA) is 84.6 Å². The van der Waals surface area contributed by atoms with Crippen molar-refractivity contribution in [1.82, 2.24) is 10.3 Å². The van der Waals surface area contributed by atoms with E-state index in [1.54, 1.807) is 50.6 Å². The van der Waals surface area contributed by atoms with Gasteiger partial charge >= 0.3 is 0 Å². The van der Waals surface area contributed by atoms with E-state index in [-0.39, 0.29) is 23.6 Å². The number of hydrogen-bond acceptors (Lipinski definition) is 5. The molecule has 164 valence electrons. The van der Waals surface area contributed by atoms with E-state index in [1.165, 1.54) is 6.07 Å². The Hall–Kier alpha value is -2.77. The highest BCUT2D eigenvalue weighted by Crippen LogP contribution is 2.30. The number of amides is 1. The van der Waals surface area contributed by atoms with Crippen LogP contribution >= 0.6 is 0 Å². The maximum atomic E-state index is 14.9. The van der Waals surface area contributed by atoms with Gasteiger partial charge in [0.05, 0.1) is 30.3 Å². The third kappa shape index (κ3) is 5.11. The summed E-state index contributed by atoms with van der Waals surface area (Å²) in [5.74, 6) is -0.793. The average Bonchev–Trinajstić information content (AvgIpc) is 3.22. The molecule has 6 nitrogen and oxygen atoms in total. The minimum absolute atomic E-state index is 0.0265. The molecule has 0 bridgehead atoms. The van der Waals surface area contributed by atoms with Crippen LogP contribution in [0.4, 0.5) is 4.39 Å². The molecule has 4 rings (SSSR count). The number of nitrogens with zero attached hydrogens (tertiary/aromatic N) is 1. The van der Waals surface area contributed by atoms with Crippen LogP contribution in [0, 0.1) is 5.82 Å². The minimum Gasteiger partial charge on any atom is -0.464 e. The summed E-state index contributed by atoms with van der Waals surface area (Å²) in [6.45, 7) is 3.73. The van der Waals surface area contributed by atoms with Gasteiger partial charge < -0.3 is 19.6 Å². The van der Waals surface area contributed by atoms with Crippen LogP contribution in [0.15, 0.2) is 47.2 Å². The van der Waals surface area contributed by atoms with Crippen LogP contribution in [0.5, 0.6) is 0 Å². The lowest BCUT2D eigenvalue weighted by molar-refractivity contribution is -0.0640. The van der Waals surface area contributed by atoms with Crippen molar-refractivity contribution < 1.29 is 23.4 Å². The normalized spacial score (nSPS) is 19.5. The lowest BCUT2D eigenvalue weighted by atomic mass is 9.92. The number of ether oxygens (including phenoxy) is 1. The summed E-state index contributed by atoms with van der Waals surface area (Å²) >= 11 is 0. The van der Waals surface area contributed by atoms with Crippen molar-refractivity contribution in [3.05, 3.63) is 54.2 Å². The number of hydrogen-bond donors (Lipinski definition) is 2. The van der Waals surface area contributed by atoms with E-state index in [9.17, 15) is 14.3 Å². The van der Waals surface area contributed by atoms with Crippen LogP contribution in [-0.4, -0.2) is 40.4 Å². The van der Waals surface area contributed by atoms with Crippen molar-refractivity contribution in [2.24, 2.45) is 0 Å². The molecule has 1 amide bonds. The quantitative estimate of drug-likeness (QED) is 0.608. The highest BCUT2D eigenvalue weighted by atomic mass is 19.1. The number of nitrogens with one attached hydrogen (secondary N) is 1. The van der Waals surface area contributed by atoms with Gasteiger partial charge in [0.25, 0.3) is 5.91 Å². The highest BCUT2D eigenvalue weighted by Gasteiger charge is 2.25. The van der Waals surface area contributed by atoms with Crippen molar-refractivity contribution in [2.45, 2.75) is 57.3 Å². The van der Waals surface area contributed by atoms with Crippen molar-refractivity contribution in [3.63, 3.8) is 0 Å². The van der Waals surface area contributed by atoms with Crippen LogP contribution in [0.25, 0.3) is 22.2 Å². The summed E-state index contributed by atoms with van der Waals surface area (Å²) in [5.41, 5.74) is 0.877. The molecule has 7 heteroatoms. The Kier molecular flexibility index (Phi) is 6.07. The smallest absolute Gasteiger partial charge is 0.251 e. The molecule has 0 aliphatic heterocycles. The molecule has 1 aliphatic rings. The first kappa shape index (κ1) is 21.5. The maximum Gasteiger partial charge on any atom is 0.251 e. The van der Waals surface area contributed by atoms with Crippen LogP contribution in [0.3, 0.4) is 0 Å². The summed E-state index contributed by atoms with van der Waals surface area (Å²) in [7, 11) is 0. The lowest BCUT2D eigenvalue weighted by Gasteiger charge is -2.30. The Morgan fingerprint density at radius 1 is 1.26 bits per heavy atom. The minimum atomic E-state index is -0.847. The first-order chi connectivity index (χ1) is 14.8. The highest BCUT2D eigenvalue weighted by molar-refractivity contribution is 5.96. The fourth-order valence-corrected chi connectivity index (χ4v) is 3.92. The Labute approximate surface area is 180 Å². The van der Waals surface area contributed by atoms with Gasteiger partial charge in [-0.15, -0.1) is 0 Å². The standard InChI is InChI=1S/C24H27FN2O4/c1-24(2,29)14-31-17-6-4-16(5-7-17)27-23(28)15-3-8-18(20(25)13-15)22-19-10-12-30-21(19)9-11-26-22/h3,8-13,16-17,29H,4-7,14H2,1-2H3,(H,27,28)/t16-,17-. The van der Waals surface area contributed by atoms with Gasteiger partial charge in [-0.1, -0.05) is 0 Å². The number of carbonyl (C=O) groups is 1. The average molecular weight is 426 g/mol. The van der Waals surface area contributed by atoms with Crippen LogP contribution < -0.4 is 5.32 Å². The molecule has 2 N–H and O–H groups in total. The zero-order valence-electron chi connectivity index (χ0n) is 17.7. The van der Waals surface area contributed by atoms with Gasteiger partial charge in [0.15, 0.2) is 0 Å². The monoisotopic (exact) mass is 426 g/mol. The zero-order valence-corrected chi connectivity index (χ0v) is 17.7. The molecule has 0 unspecified atom stereocenters. The fourth-order valence-electron chi connectivity index (χ4n) is 3.92. The largest absolute Gasteiger partial charge is 0.464 e. The summed E-state index contributed by atoms with van der Waals surface area (Å²) in [4.78, 5) is 16.9. The van der Waals surface area contributed by atoms with E-state index in [1.807, 2.05) is 0 Å². The van der Waals surface area contributed by atoms with Gasteiger partial charge in [-0.05, 0) is 69.9 Å². The number of carbonyl (C=O) groups excluding carboxylic acids is 1. The van der Waals surface area contributed by atoms with E-state index in [0.717, 1.165) is 31.1 Å². The molecule has 2 aromatic heterocycles. The van der Waals surface area contributed by atoms with Crippen LogP contribution in [-0.2, 0) is 4.74 Å². The number of fused-ring (bicyclic) bond motifs is 1. The molecule has 0 saturated heterocycles. The van der Waals surface area contributed by atoms with Crippen molar-refractivity contribution >= 4 is 16.9 Å². The predicted molar refractivity (Wildman–Crippen MR) is 115 cm³/mol. The molecule has 0 spiro atoms. The second kappa shape index (κ2) is 8.77. The maximum absolute atomic E-state index is 14.9. The molecular weight excluding hydrogens is 399 g/mol. The summed E-state index contributed by atoms with van der Waals surface area (Å²) in [5, 5.41) is 13.5. The van der Waals surface area contributed by atoms with Crippen LogP contribution in [0.1, 0.15) is 49.9 Å². The number of halogens is 1. The summed E-state index contributed by atoms with van der Waals surface area (Å²) < 4.78 is 26.0. The Morgan fingerprint density at radius 2 is 2.03 bits per heavy atom. The Morgan fingerprint density at radius 3 is 2.74 bits per heavy atom. The second-order valence-corrected chi connectivity index (χ2v) is 8.76. The zero-order chi connectivity index (χ0) is 22.0.